The molecule has 0 heterocycles. The molecule has 0 aromatic rings. The normalized spacial score (nSPS) is 0. The van der Waals surface area contributed by atoms with Gasteiger partial charge in [0.25, 0.3) is 0 Å². The third-order valence-electron chi connectivity index (χ3n) is 0. The first kappa shape index (κ1) is 41.8. The molecular weight excluding hydrogens is 506 g/mol. The van der Waals surface area contributed by atoms with E-state index in [-0.39, 0.29) is 98.9 Å². The molecule has 0 spiro atoms. The van der Waals surface area contributed by atoms with Crippen LogP contribution in [0.2, 0.25) is 0 Å². The monoisotopic (exact) mass is 505 g/mol. The average molecular weight is 506 g/mol. The average Bonchev–Trinajstić information content (AvgIpc) is 0. The second-order valence-corrected chi connectivity index (χ2v) is 0. The van der Waals surface area contributed by atoms with E-state index in [0.717, 1.165) is 0 Å². The molecule has 0 aliphatic heterocycles. The quantitative estimate of drug-likeness (QED) is 0.393. The molecule has 0 atom stereocenters. The van der Waals surface area contributed by atoms with Crippen LogP contribution in [0.25, 0.3) is 0 Å². The maximum Gasteiger partial charge on any atom is 0 e. The Morgan fingerprint density at radius 1 is 1.00 bits per heavy atom. The second kappa shape index (κ2) is 27.2. The maximum absolute atomic E-state index is 0. The van der Waals surface area contributed by atoms with E-state index in [4.69, 9.17) is 0 Å². The minimum Gasteiger partial charge on any atom is 0 e. The van der Waals surface area contributed by atoms with Crippen molar-refractivity contribution in [2.24, 2.45) is 0 Å². The van der Waals surface area contributed by atoms with E-state index >= 15 is 0 Å². The first-order valence-electron chi connectivity index (χ1n) is 0. The molecule has 0 rings (SSSR count). The van der Waals surface area contributed by atoms with Crippen LogP contribution in [0, 0.1) is 0 Å². The minimum absolute atomic E-state index is 0. The van der Waals surface area contributed by atoms with Crippen molar-refractivity contribution in [2.75, 3.05) is 0 Å². The molecule has 0 aromatic heterocycles. The summed E-state index contributed by atoms with van der Waals surface area (Å²) in [6.07, 6.45) is 0. The van der Waals surface area contributed by atoms with E-state index in [2.05, 4.69) is 0 Å². The molecule has 0 aromatic carbocycles. The maximum atomic E-state index is 0. The summed E-state index contributed by atoms with van der Waals surface area (Å²) >= 11 is 0. The predicted octanol–water partition coefficient (Wildman–Crippen LogP) is -0.391. The van der Waals surface area contributed by atoms with Crippen LogP contribution < -0.4 is 0 Å². The van der Waals surface area contributed by atoms with Crippen molar-refractivity contribution < 1.29 is 81.3 Å². The van der Waals surface area contributed by atoms with E-state index in [9.17, 15) is 0 Å². The molecule has 0 N–H and O–H groups in total. The Morgan fingerprint density at radius 3 is 1.00 bits per heavy atom. The van der Waals surface area contributed by atoms with Crippen LogP contribution >= 0.6 is 0 Å². The molecule has 0 bridgehead atoms. The molecule has 5 heavy (non-hydrogen) atoms. The third-order valence-corrected chi connectivity index (χ3v) is 0. The Balaban J connectivity index is 0. The van der Waals surface area contributed by atoms with Crippen LogP contribution in [-0.2, 0) is 81.3 Å². The Morgan fingerprint density at radius 2 is 1.00 bits per heavy atom. The Kier molecular flexibility index (Phi) is 227. The van der Waals surface area contributed by atoms with Gasteiger partial charge < -0.3 is 0 Å². The molecule has 0 nitrogen and oxygen atoms in total. The van der Waals surface area contributed by atoms with E-state index in [0.29, 0.717) is 0 Å². The molecule has 0 amide bonds. The van der Waals surface area contributed by atoms with Gasteiger partial charge in [0.2, 0.25) is 0 Å². The fourth-order valence-corrected chi connectivity index (χ4v) is 0. The van der Waals surface area contributed by atoms with E-state index in [1.165, 1.54) is 0 Å². The molecule has 0 aliphatic rings. The zero-order valence-corrected chi connectivity index (χ0v) is 11.8. The summed E-state index contributed by atoms with van der Waals surface area (Å²) in [6, 6.07) is 0. The summed E-state index contributed by atoms with van der Waals surface area (Å²) in [5.41, 5.74) is 0. The van der Waals surface area contributed by atoms with Gasteiger partial charge in [-0.15, -0.1) is 0 Å². The van der Waals surface area contributed by atoms with Gasteiger partial charge in [0, 0.05) is 98.9 Å². The van der Waals surface area contributed by atoms with Crippen LogP contribution in [-0.4, -0.2) is 17.6 Å². The minimum atomic E-state index is 0. The number of hydrogen-bond acceptors (Lipinski definition) is 0. The Labute approximate surface area is 97.2 Å². The number of rotatable bonds is 0. The molecule has 0 saturated carbocycles. The van der Waals surface area contributed by atoms with Crippen molar-refractivity contribution in [3.63, 3.8) is 0 Å². The first-order valence-corrected chi connectivity index (χ1v) is 0. The van der Waals surface area contributed by atoms with Gasteiger partial charge in [-0.3, -0.25) is 0 Å². The number of hydrogen-bond donors (Lipinski definition) is 0. The van der Waals surface area contributed by atoms with Gasteiger partial charge in [0.05, 0.1) is 0 Å². The van der Waals surface area contributed by atoms with Crippen LogP contribution in [0.4, 0.5) is 0 Å². The largest absolute Gasteiger partial charge is 0 e. The van der Waals surface area contributed by atoms with Crippen LogP contribution in [0.1, 0.15) is 0 Å². The Hall–Kier alpha value is 3.17. The summed E-state index contributed by atoms with van der Waals surface area (Å²) in [6.45, 7) is 0. The van der Waals surface area contributed by atoms with Gasteiger partial charge in [-0.2, -0.15) is 0 Å². The van der Waals surface area contributed by atoms with Gasteiger partial charge in [-0.05, 0) is 0 Å². The van der Waals surface area contributed by atoms with Crippen molar-refractivity contribution in [3.05, 3.63) is 0 Å². The zero-order chi connectivity index (χ0) is 0. The molecule has 7 radical (unpaired) electrons. The smallest absolute Gasteiger partial charge is 0 e. The fraction of sp³-hybridized carbons (Fsp3) is 0. The summed E-state index contributed by atoms with van der Waals surface area (Å²) in [5, 5.41) is 0. The molecule has 5 heteroatoms. The SMILES string of the molecule is [Ag].[Au].[Cu].[Ge].[Zn]. The summed E-state index contributed by atoms with van der Waals surface area (Å²) in [5.74, 6) is 0. The van der Waals surface area contributed by atoms with Crippen LogP contribution in [0.15, 0.2) is 0 Å². The molecular formula is AgAuCuGeZn. The Bertz CT molecular complexity index is 11.6. The van der Waals surface area contributed by atoms with E-state index in [1.807, 2.05) is 0 Å². The zero-order valence-electron chi connectivity index (χ0n) is 2.11. The topological polar surface area (TPSA) is 0 Å². The molecule has 0 aliphatic carbocycles. The fourth-order valence-electron chi connectivity index (χ4n) is 0. The first-order chi connectivity index (χ1) is 0. The van der Waals surface area contributed by atoms with Gasteiger partial charge in [0.15, 0.2) is 0 Å². The summed E-state index contributed by atoms with van der Waals surface area (Å²) in [7, 11) is 0. The van der Waals surface area contributed by atoms with Crippen molar-refractivity contribution in [3.8, 4) is 0 Å². The van der Waals surface area contributed by atoms with Crippen LogP contribution in [0.5, 0.6) is 0 Å². The van der Waals surface area contributed by atoms with Gasteiger partial charge in [-0.25, -0.2) is 0 Å². The van der Waals surface area contributed by atoms with Crippen molar-refractivity contribution in [1.82, 2.24) is 0 Å². The van der Waals surface area contributed by atoms with Crippen LogP contribution in [0.3, 0.4) is 0 Å². The van der Waals surface area contributed by atoms with Gasteiger partial charge in [-0.1, -0.05) is 0 Å². The summed E-state index contributed by atoms with van der Waals surface area (Å²) in [4.78, 5) is 0. The summed E-state index contributed by atoms with van der Waals surface area (Å²) < 4.78 is 0. The molecule has 0 unspecified atom stereocenters. The van der Waals surface area contributed by atoms with Crippen molar-refractivity contribution in [2.45, 2.75) is 0 Å². The van der Waals surface area contributed by atoms with Gasteiger partial charge in [0.1, 0.15) is 0 Å². The van der Waals surface area contributed by atoms with Crippen molar-refractivity contribution in [1.29, 1.82) is 0 Å². The van der Waals surface area contributed by atoms with Gasteiger partial charge >= 0.3 is 0 Å². The van der Waals surface area contributed by atoms with E-state index in [1.54, 1.807) is 0 Å². The molecule has 0 fully saturated rings. The standard InChI is InChI=1S/Ag.Au.Cu.Ge.Zn. The molecule has 39 valence electrons. The van der Waals surface area contributed by atoms with Crippen molar-refractivity contribution >= 4 is 17.6 Å². The second-order valence-electron chi connectivity index (χ2n) is 0. The third kappa shape index (κ3) is 19.1. The molecule has 0 saturated heterocycles. The van der Waals surface area contributed by atoms with E-state index < -0.39 is 0 Å². The predicted molar refractivity (Wildman–Crippen MR) is 5.75 cm³/mol.